The Morgan fingerprint density at radius 2 is 2.31 bits per heavy atom. The van der Waals surface area contributed by atoms with Crippen molar-refractivity contribution < 1.29 is 9.13 Å². The van der Waals surface area contributed by atoms with Crippen molar-refractivity contribution >= 4 is 0 Å². The summed E-state index contributed by atoms with van der Waals surface area (Å²) in [6.07, 6.45) is 1.46. The van der Waals surface area contributed by atoms with Crippen LogP contribution in [0.5, 0.6) is 0 Å². The van der Waals surface area contributed by atoms with Gasteiger partial charge in [0.2, 0.25) is 0 Å². The van der Waals surface area contributed by atoms with Gasteiger partial charge in [-0.25, -0.2) is 4.39 Å². The van der Waals surface area contributed by atoms with E-state index in [0.717, 1.165) is 0 Å². The zero-order valence-corrected chi connectivity index (χ0v) is 7.83. The third-order valence-electron chi connectivity index (χ3n) is 2.25. The molecule has 2 rings (SSSR count). The number of rotatable bonds is 2. The molecular formula is C9H13FN2O. The fourth-order valence-electron chi connectivity index (χ4n) is 1.34. The highest BCUT2D eigenvalue weighted by Crippen LogP contribution is 2.21. The van der Waals surface area contributed by atoms with E-state index >= 15 is 0 Å². The van der Waals surface area contributed by atoms with Crippen molar-refractivity contribution in [3.63, 3.8) is 0 Å². The zero-order chi connectivity index (χ0) is 9.42. The molecule has 1 aromatic heterocycles. The second-order valence-electron chi connectivity index (χ2n) is 3.69. The van der Waals surface area contributed by atoms with Gasteiger partial charge in [0.05, 0.1) is 25.5 Å². The monoisotopic (exact) mass is 184 g/mol. The largest absolute Gasteiger partial charge is 0.377 e. The molecule has 0 N–H and O–H groups in total. The standard InChI is InChI=1S/C9H13FN2O/c1-6(2)9-8(10)3-12(11-9)7-4-13-5-7/h3,6-7H,4-5H2,1-2H3. The number of hydrogen-bond donors (Lipinski definition) is 0. The van der Waals surface area contributed by atoms with Crippen LogP contribution in [-0.4, -0.2) is 23.0 Å². The first-order chi connectivity index (χ1) is 6.18. The maximum Gasteiger partial charge on any atom is 0.164 e. The molecule has 13 heavy (non-hydrogen) atoms. The molecule has 0 bridgehead atoms. The van der Waals surface area contributed by atoms with Crippen LogP contribution in [0.4, 0.5) is 4.39 Å². The zero-order valence-electron chi connectivity index (χ0n) is 7.83. The number of nitrogens with zero attached hydrogens (tertiary/aromatic N) is 2. The van der Waals surface area contributed by atoms with E-state index in [2.05, 4.69) is 5.10 Å². The van der Waals surface area contributed by atoms with Crippen LogP contribution >= 0.6 is 0 Å². The van der Waals surface area contributed by atoms with Crippen LogP contribution in [0.15, 0.2) is 6.20 Å². The van der Waals surface area contributed by atoms with E-state index in [-0.39, 0.29) is 17.8 Å². The summed E-state index contributed by atoms with van der Waals surface area (Å²) < 4.78 is 19.9. The van der Waals surface area contributed by atoms with Gasteiger partial charge in [-0.15, -0.1) is 0 Å². The first-order valence-corrected chi connectivity index (χ1v) is 4.50. The van der Waals surface area contributed by atoms with Gasteiger partial charge in [-0.3, -0.25) is 4.68 Å². The van der Waals surface area contributed by atoms with Gasteiger partial charge in [0.1, 0.15) is 5.69 Å². The molecule has 1 aromatic rings. The summed E-state index contributed by atoms with van der Waals surface area (Å²) >= 11 is 0. The van der Waals surface area contributed by atoms with Crippen LogP contribution in [0.1, 0.15) is 31.5 Å². The lowest BCUT2D eigenvalue weighted by Crippen LogP contribution is -2.31. The van der Waals surface area contributed by atoms with Gasteiger partial charge in [0, 0.05) is 5.92 Å². The normalized spacial score (nSPS) is 17.8. The molecule has 1 saturated heterocycles. The number of ether oxygens (including phenoxy) is 1. The highest BCUT2D eigenvalue weighted by molar-refractivity contribution is 5.08. The molecule has 1 fully saturated rings. The second-order valence-corrected chi connectivity index (χ2v) is 3.69. The van der Waals surface area contributed by atoms with Crippen LogP contribution < -0.4 is 0 Å². The maximum absolute atomic E-state index is 13.3. The molecule has 0 unspecified atom stereocenters. The van der Waals surface area contributed by atoms with E-state index in [1.165, 1.54) is 6.20 Å². The molecule has 3 nitrogen and oxygen atoms in total. The summed E-state index contributed by atoms with van der Waals surface area (Å²) in [5.41, 5.74) is 0.548. The van der Waals surface area contributed by atoms with Crippen LogP contribution in [-0.2, 0) is 4.74 Å². The minimum absolute atomic E-state index is 0.141. The fourth-order valence-corrected chi connectivity index (χ4v) is 1.34. The summed E-state index contributed by atoms with van der Waals surface area (Å²) in [7, 11) is 0. The average Bonchev–Trinajstić information content (AvgIpc) is 2.27. The molecule has 0 atom stereocenters. The van der Waals surface area contributed by atoms with Crippen molar-refractivity contribution in [3.8, 4) is 0 Å². The van der Waals surface area contributed by atoms with Crippen LogP contribution in [0.25, 0.3) is 0 Å². The lowest BCUT2D eigenvalue weighted by Gasteiger charge is -2.25. The van der Waals surface area contributed by atoms with Crippen LogP contribution in [0.3, 0.4) is 0 Å². The molecule has 0 amide bonds. The molecule has 2 heterocycles. The van der Waals surface area contributed by atoms with Crippen molar-refractivity contribution in [1.82, 2.24) is 9.78 Å². The van der Waals surface area contributed by atoms with Gasteiger partial charge >= 0.3 is 0 Å². The fraction of sp³-hybridized carbons (Fsp3) is 0.667. The Hall–Kier alpha value is -0.900. The summed E-state index contributed by atoms with van der Waals surface area (Å²) in [4.78, 5) is 0. The Morgan fingerprint density at radius 1 is 1.62 bits per heavy atom. The second kappa shape index (κ2) is 3.10. The Labute approximate surface area is 76.5 Å². The molecule has 1 aliphatic heterocycles. The molecule has 0 aliphatic carbocycles. The summed E-state index contributed by atoms with van der Waals surface area (Å²) in [5.74, 6) is -0.0656. The molecule has 4 heteroatoms. The summed E-state index contributed by atoms with van der Waals surface area (Å²) in [5, 5.41) is 4.19. The molecule has 0 aromatic carbocycles. The highest BCUT2D eigenvalue weighted by atomic mass is 19.1. The number of aromatic nitrogens is 2. The van der Waals surface area contributed by atoms with Crippen molar-refractivity contribution in [2.24, 2.45) is 0 Å². The molecule has 72 valence electrons. The third-order valence-corrected chi connectivity index (χ3v) is 2.25. The summed E-state index contributed by atoms with van der Waals surface area (Å²) in [6.45, 7) is 5.18. The molecule has 0 saturated carbocycles. The molecule has 0 radical (unpaired) electrons. The minimum Gasteiger partial charge on any atom is -0.377 e. The van der Waals surface area contributed by atoms with Gasteiger partial charge in [0.25, 0.3) is 0 Å². The Kier molecular flexibility index (Phi) is 2.07. The van der Waals surface area contributed by atoms with Gasteiger partial charge in [0.15, 0.2) is 5.82 Å². The molecular weight excluding hydrogens is 171 g/mol. The van der Waals surface area contributed by atoms with E-state index in [0.29, 0.717) is 18.9 Å². The Bertz CT molecular complexity index is 305. The lowest BCUT2D eigenvalue weighted by molar-refractivity contribution is -0.0289. The van der Waals surface area contributed by atoms with Gasteiger partial charge in [-0.2, -0.15) is 5.10 Å². The van der Waals surface area contributed by atoms with Crippen molar-refractivity contribution in [1.29, 1.82) is 0 Å². The van der Waals surface area contributed by atoms with E-state index in [9.17, 15) is 4.39 Å². The topological polar surface area (TPSA) is 27.1 Å². The van der Waals surface area contributed by atoms with Crippen molar-refractivity contribution in [2.45, 2.75) is 25.8 Å². The van der Waals surface area contributed by atoms with E-state index in [1.807, 2.05) is 13.8 Å². The Morgan fingerprint density at radius 3 is 2.69 bits per heavy atom. The van der Waals surface area contributed by atoms with Gasteiger partial charge in [-0.05, 0) is 0 Å². The number of hydrogen-bond acceptors (Lipinski definition) is 2. The predicted octanol–water partition coefficient (Wildman–Crippen LogP) is 1.72. The predicted molar refractivity (Wildman–Crippen MR) is 46.1 cm³/mol. The molecule has 1 aliphatic rings. The van der Waals surface area contributed by atoms with E-state index < -0.39 is 0 Å². The SMILES string of the molecule is CC(C)c1nn(C2COC2)cc1F. The van der Waals surface area contributed by atoms with E-state index in [4.69, 9.17) is 4.74 Å². The minimum atomic E-state index is -0.207. The van der Waals surface area contributed by atoms with Gasteiger partial charge < -0.3 is 4.74 Å². The van der Waals surface area contributed by atoms with E-state index in [1.54, 1.807) is 4.68 Å². The first-order valence-electron chi connectivity index (χ1n) is 4.50. The third kappa shape index (κ3) is 1.46. The van der Waals surface area contributed by atoms with Crippen LogP contribution in [0, 0.1) is 5.82 Å². The number of halogens is 1. The van der Waals surface area contributed by atoms with Gasteiger partial charge in [-0.1, -0.05) is 13.8 Å². The summed E-state index contributed by atoms with van der Waals surface area (Å²) in [6, 6.07) is 0.238. The van der Waals surface area contributed by atoms with Crippen LogP contribution in [0.2, 0.25) is 0 Å². The maximum atomic E-state index is 13.3. The highest BCUT2D eigenvalue weighted by Gasteiger charge is 2.23. The first kappa shape index (κ1) is 8.69. The molecule has 0 spiro atoms. The van der Waals surface area contributed by atoms with Crippen molar-refractivity contribution in [2.75, 3.05) is 13.2 Å². The van der Waals surface area contributed by atoms with Crippen molar-refractivity contribution in [3.05, 3.63) is 17.7 Å². The smallest absolute Gasteiger partial charge is 0.164 e. The Balaban J connectivity index is 2.23. The average molecular weight is 184 g/mol. The quantitative estimate of drug-likeness (QED) is 0.699. The lowest BCUT2D eigenvalue weighted by atomic mass is 10.1.